The van der Waals surface area contributed by atoms with Crippen molar-refractivity contribution in [2.24, 2.45) is 0 Å². The number of benzene rings is 2. The lowest BCUT2D eigenvalue weighted by atomic mass is 10.2. The fourth-order valence-electron chi connectivity index (χ4n) is 2.89. The number of anilines is 1. The molecule has 0 unspecified atom stereocenters. The normalized spacial score (nSPS) is 11.1. The summed E-state index contributed by atoms with van der Waals surface area (Å²) in [6, 6.07) is 12.1. The van der Waals surface area contributed by atoms with Crippen LogP contribution in [0.25, 0.3) is 10.9 Å². The van der Waals surface area contributed by atoms with E-state index in [4.69, 9.17) is 4.74 Å². The number of aromatic nitrogens is 2. The SMILES string of the molecule is CCN(CC)CCNc1ncnc2cc(OCc3ccc(F)cc3)ccc12. The van der Waals surface area contributed by atoms with E-state index in [0.717, 1.165) is 54.2 Å². The predicted octanol–water partition coefficient (Wildman–Crippen LogP) is 4.10. The van der Waals surface area contributed by atoms with E-state index in [2.05, 4.69) is 34.0 Å². The van der Waals surface area contributed by atoms with Gasteiger partial charge in [0, 0.05) is 24.5 Å². The van der Waals surface area contributed by atoms with Crippen molar-refractivity contribution in [1.29, 1.82) is 0 Å². The maximum Gasteiger partial charge on any atom is 0.137 e. The second kappa shape index (κ2) is 9.28. The third-order valence-corrected chi connectivity index (χ3v) is 4.54. The van der Waals surface area contributed by atoms with Crippen LogP contribution >= 0.6 is 0 Å². The van der Waals surface area contributed by atoms with Gasteiger partial charge < -0.3 is 15.0 Å². The first-order chi connectivity index (χ1) is 13.2. The second-order valence-electron chi connectivity index (χ2n) is 6.27. The Kier molecular flexibility index (Phi) is 6.54. The van der Waals surface area contributed by atoms with Gasteiger partial charge in [-0.15, -0.1) is 0 Å². The minimum atomic E-state index is -0.248. The highest BCUT2D eigenvalue weighted by molar-refractivity contribution is 5.89. The highest BCUT2D eigenvalue weighted by Gasteiger charge is 2.06. The van der Waals surface area contributed by atoms with Crippen molar-refractivity contribution < 1.29 is 9.13 Å². The molecule has 1 N–H and O–H groups in total. The van der Waals surface area contributed by atoms with Gasteiger partial charge in [-0.2, -0.15) is 0 Å². The minimum Gasteiger partial charge on any atom is -0.489 e. The topological polar surface area (TPSA) is 50.3 Å². The summed E-state index contributed by atoms with van der Waals surface area (Å²) in [5, 5.41) is 4.36. The van der Waals surface area contributed by atoms with Gasteiger partial charge in [-0.05, 0) is 42.9 Å². The number of likely N-dealkylation sites (N-methyl/N-ethyl adjacent to an activating group) is 1. The van der Waals surface area contributed by atoms with Crippen LogP contribution in [-0.4, -0.2) is 41.0 Å². The van der Waals surface area contributed by atoms with Crippen molar-refractivity contribution in [3.05, 3.63) is 60.2 Å². The number of ether oxygens (including phenoxy) is 1. The van der Waals surface area contributed by atoms with E-state index in [1.165, 1.54) is 12.1 Å². The Morgan fingerprint density at radius 1 is 1.04 bits per heavy atom. The van der Waals surface area contributed by atoms with Gasteiger partial charge in [-0.25, -0.2) is 14.4 Å². The van der Waals surface area contributed by atoms with Crippen molar-refractivity contribution in [2.75, 3.05) is 31.5 Å². The number of halogens is 1. The summed E-state index contributed by atoms with van der Waals surface area (Å²) in [4.78, 5) is 11.1. The van der Waals surface area contributed by atoms with Gasteiger partial charge in [-0.3, -0.25) is 0 Å². The molecule has 1 aromatic heterocycles. The molecule has 5 nitrogen and oxygen atoms in total. The number of nitrogens with zero attached hydrogens (tertiary/aromatic N) is 3. The molecule has 1 heterocycles. The monoisotopic (exact) mass is 368 g/mol. The lowest BCUT2D eigenvalue weighted by molar-refractivity contribution is 0.306. The Labute approximate surface area is 159 Å². The smallest absolute Gasteiger partial charge is 0.137 e. The van der Waals surface area contributed by atoms with E-state index in [1.807, 2.05) is 18.2 Å². The zero-order valence-electron chi connectivity index (χ0n) is 15.8. The standard InChI is InChI=1S/C21H25FN4O/c1-3-26(4-2)12-11-23-21-19-10-9-18(13-20(19)24-15-25-21)27-14-16-5-7-17(22)8-6-16/h5-10,13,15H,3-4,11-12,14H2,1-2H3,(H,23,24,25). The number of rotatable bonds is 9. The molecule has 0 saturated heterocycles. The van der Waals surface area contributed by atoms with Gasteiger partial charge in [0.1, 0.15) is 30.3 Å². The molecule has 6 heteroatoms. The molecule has 0 bridgehead atoms. The number of hydrogen-bond acceptors (Lipinski definition) is 5. The van der Waals surface area contributed by atoms with Crippen molar-refractivity contribution in [1.82, 2.24) is 14.9 Å². The molecular formula is C21H25FN4O. The molecule has 0 radical (unpaired) electrons. The summed E-state index contributed by atoms with van der Waals surface area (Å²) < 4.78 is 18.8. The van der Waals surface area contributed by atoms with Gasteiger partial charge in [0.2, 0.25) is 0 Å². The number of nitrogens with one attached hydrogen (secondary N) is 1. The third kappa shape index (κ3) is 5.14. The third-order valence-electron chi connectivity index (χ3n) is 4.54. The van der Waals surface area contributed by atoms with Crippen LogP contribution in [0, 0.1) is 5.82 Å². The Morgan fingerprint density at radius 2 is 1.81 bits per heavy atom. The summed E-state index contributed by atoms with van der Waals surface area (Å²) in [6.07, 6.45) is 1.56. The van der Waals surface area contributed by atoms with Gasteiger partial charge in [-0.1, -0.05) is 26.0 Å². The van der Waals surface area contributed by atoms with Crippen LogP contribution in [0.2, 0.25) is 0 Å². The zero-order valence-corrected chi connectivity index (χ0v) is 15.8. The Bertz CT molecular complexity index is 866. The molecule has 0 atom stereocenters. The zero-order chi connectivity index (χ0) is 19.1. The molecule has 0 spiro atoms. The van der Waals surface area contributed by atoms with E-state index < -0.39 is 0 Å². The minimum absolute atomic E-state index is 0.248. The fraction of sp³-hybridized carbons (Fsp3) is 0.333. The van der Waals surface area contributed by atoms with Crippen molar-refractivity contribution in [2.45, 2.75) is 20.5 Å². The van der Waals surface area contributed by atoms with E-state index in [0.29, 0.717) is 6.61 Å². The molecule has 27 heavy (non-hydrogen) atoms. The lowest BCUT2D eigenvalue weighted by Crippen LogP contribution is -2.28. The molecule has 3 rings (SSSR count). The summed E-state index contributed by atoms with van der Waals surface area (Å²) >= 11 is 0. The maximum atomic E-state index is 13.0. The number of fused-ring (bicyclic) bond motifs is 1. The molecule has 0 aliphatic carbocycles. The summed E-state index contributed by atoms with van der Waals surface area (Å²) in [5.41, 5.74) is 1.74. The van der Waals surface area contributed by atoms with Gasteiger partial charge in [0.25, 0.3) is 0 Å². The van der Waals surface area contributed by atoms with Crippen LogP contribution in [0.15, 0.2) is 48.8 Å². The Morgan fingerprint density at radius 3 is 2.56 bits per heavy atom. The first kappa shape index (κ1) is 19.0. The van der Waals surface area contributed by atoms with E-state index in [-0.39, 0.29) is 5.82 Å². The molecule has 0 aliphatic rings. The molecule has 0 fully saturated rings. The summed E-state index contributed by atoms with van der Waals surface area (Å²) in [5.74, 6) is 1.30. The Hall–Kier alpha value is -2.73. The average molecular weight is 368 g/mol. The van der Waals surface area contributed by atoms with Crippen molar-refractivity contribution in [3.8, 4) is 5.75 Å². The molecule has 0 saturated carbocycles. The Balaban J connectivity index is 1.66. The van der Waals surface area contributed by atoms with Crippen LogP contribution < -0.4 is 10.1 Å². The van der Waals surface area contributed by atoms with Crippen LogP contribution in [0.1, 0.15) is 19.4 Å². The van der Waals surface area contributed by atoms with Crippen LogP contribution in [-0.2, 0) is 6.61 Å². The fourth-order valence-corrected chi connectivity index (χ4v) is 2.89. The first-order valence-electron chi connectivity index (χ1n) is 9.27. The summed E-state index contributed by atoms with van der Waals surface area (Å²) in [6.45, 7) is 8.59. The predicted molar refractivity (Wildman–Crippen MR) is 107 cm³/mol. The maximum absolute atomic E-state index is 13.0. The average Bonchev–Trinajstić information content (AvgIpc) is 2.70. The molecule has 0 aliphatic heterocycles. The molecule has 2 aromatic carbocycles. The molecule has 3 aromatic rings. The molecule has 142 valence electrons. The number of hydrogen-bond donors (Lipinski definition) is 1. The van der Waals surface area contributed by atoms with Crippen LogP contribution in [0.5, 0.6) is 5.75 Å². The molecule has 0 amide bonds. The van der Waals surface area contributed by atoms with E-state index >= 15 is 0 Å². The van der Waals surface area contributed by atoms with Crippen LogP contribution in [0.3, 0.4) is 0 Å². The van der Waals surface area contributed by atoms with Gasteiger partial charge in [0.05, 0.1) is 5.52 Å². The van der Waals surface area contributed by atoms with Crippen molar-refractivity contribution in [3.63, 3.8) is 0 Å². The molecular weight excluding hydrogens is 343 g/mol. The highest BCUT2D eigenvalue weighted by atomic mass is 19.1. The van der Waals surface area contributed by atoms with Crippen LogP contribution in [0.4, 0.5) is 10.2 Å². The first-order valence-corrected chi connectivity index (χ1v) is 9.27. The second-order valence-corrected chi connectivity index (χ2v) is 6.27. The van der Waals surface area contributed by atoms with E-state index in [9.17, 15) is 4.39 Å². The highest BCUT2D eigenvalue weighted by Crippen LogP contribution is 2.24. The largest absolute Gasteiger partial charge is 0.489 e. The quantitative estimate of drug-likeness (QED) is 0.616. The van der Waals surface area contributed by atoms with Crippen molar-refractivity contribution >= 4 is 16.7 Å². The summed E-state index contributed by atoms with van der Waals surface area (Å²) in [7, 11) is 0. The van der Waals surface area contributed by atoms with Gasteiger partial charge >= 0.3 is 0 Å². The van der Waals surface area contributed by atoms with Gasteiger partial charge in [0.15, 0.2) is 0 Å². The lowest BCUT2D eigenvalue weighted by Gasteiger charge is -2.18. The van der Waals surface area contributed by atoms with E-state index in [1.54, 1.807) is 18.5 Å².